The summed E-state index contributed by atoms with van der Waals surface area (Å²) in [6, 6.07) is 8.50. The molecule has 1 aliphatic heterocycles. The molecule has 0 saturated carbocycles. The summed E-state index contributed by atoms with van der Waals surface area (Å²) in [5, 5.41) is 4.60. The Bertz CT molecular complexity index is 747. The van der Waals surface area contributed by atoms with Gasteiger partial charge in [-0.25, -0.2) is 0 Å². The lowest BCUT2D eigenvalue weighted by Gasteiger charge is -2.22. The van der Waals surface area contributed by atoms with Crippen molar-refractivity contribution in [3.05, 3.63) is 52.3 Å². The summed E-state index contributed by atoms with van der Waals surface area (Å²) in [4.78, 5) is 15.2. The highest BCUT2D eigenvalue weighted by Crippen LogP contribution is 2.26. The monoisotopic (exact) mass is 309 g/mol. The summed E-state index contributed by atoms with van der Waals surface area (Å²) < 4.78 is 1.81. The average Bonchev–Trinajstić information content (AvgIpc) is 2.76. The summed E-state index contributed by atoms with van der Waals surface area (Å²) in [6.07, 6.45) is 6.46. The number of carbonyl (C=O) groups excluding carboxylic acids is 1. The fraction of sp³-hybridized carbons (Fsp3) is 0.474. The molecule has 1 aliphatic carbocycles. The number of hydrogen-bond acceptors (Lipinski definition) is 2. The Morgan fingerprint density at radius 2 is 1.83 bits per heavy atom. The van der Waals surface area contributed by atoms with Gasteiger partial charge >= 0.3 is 0 Å². The molecule has 1 aromatic heterocycles. The Balaban J connectivity index is 1.66. The van der Waals surface area contributed by atoms with E-state index in [0.29, 0.717) is 0 Å². The molecule has 0 unspecified atom stereocenters. The van der Waals surface area contributed by atoms with Crippen LogP contribution >= 0.6 is 0 Å². The molecule has 120 valence electrons. The zero-order chi connectivity index (χ0) is 15.8. The quantitative estimate of drug-likeness (QED) is 0.812. The summed E-state index contributed by atoms with van der Waals surface area (Å²) in [5.74, 6) is 0.153. The first kappa shape index (κ1) is 14.5. The van der Waals surface area contributed by atoms with Gasteiger partial charge in [-0.3, -0.25) is 9.48 Å². The average molecular weight is 309 g/mol. The van der Waals surface area contributed by atoms with Crippen LogP contribution in [0.3, 0.4) is 0 Å². The van der Waals surface area contributed by atoms with Crippen molar-refractivity contribution < 1.29 is 4.79 Å². The minimum Gasteiger partial charge on any atom is -0.333 e. The van der Waals surface area contributed by atoms with E-state index in [1.807, 2.05) is 16.6 Å². The molecule has 0 fully saturated rings. The number of hydrogen-bond donors (Lipinski definition) is 0. The molecule has 0 radical (unpaired) electrons. The van der Waals surface area contributed by atoms with Crippen LogP contribution in [-0.4, -0.2) is 27.1 Å². The Kier molecular flexibility index (Phi) is 3.68. The van der Waals surface area contributed by atoms with E-state index >= 15 is 0 Å². The molecular formula is C19H23N3O. The molecule has 2 aromatic rings. The van der Waals surface area contributed by atoms with Crippen LogP contribution in [0.5, 0.6) is 0 Å². The summed E-state index contributed by atoms with van der Waals surface area (Å²) in [7, 11) is 1.91. The molecular weight excluding hydrogens is 286 g/mol. The van der Waals surface area contributed by atoms with E-state index in [-0.39, 0.29) is 5.91 Å². The fourth-order valence-electron chi connectivity index (χ4n) is 3.97. The van der Waals surface area contributed by atoms with Gasteiger partial charge in [0.25, 0.3) is 5.91 Å². The van der Waals surface area contributed by atoms with Gasteiger partial charge in [0, 0.05) is 25.7 Å². The standard InChI is InChI=1S/C19H23N3O/c1-21-18(16-10-4-5-11-17(16)20-21)19(23)22-12-6-9-14-7-2-3-8-15(14)13-22/h2-3,7-8H,4-6,9-13H2,1H3. The smallest absolute Gasteiger partial charge is 0.272 e. The largest absolute Gasteiger partial charge is 0.333 e. The maximum absolute atomic E-state index is 13.2. The molecule has 1 amide bonds. The van der Waals surface area contributed by atoms with Gasteiger partial charge < -0.3 is 4.90 Å². The molecule has 0 bridgehead atoms. The van der Waals surface area contributed by atoms with E-state index in [4.69, 9.17) is 0 Å². The second kappa shape index (κ2) is 5.84. The predicted molar refractivity (Wildman–Crippen MR) is 89.4 cm³/mol. The Morgan fingerprint density at radius 3 is 2.70 bits per heavy atom. The Morgan fingerprint density at radius 1 is 1.04 bits per heavy atom. The maximum atomic E-state index is 13.2. The second-order valence-electron chi connectivity index (χ2n) is 6.70. The van der Waals surface area contributed by atoms with Crippen molar-refractivity contribution in [3.63, 3.8) is 0 Å². The van der Waals surface area contributed by atoms with Crippen LogP contribution in [0.1, 0.15) is 52.1 Å². The Hall–Kier alpha value is -2.10. The number of aryl methyl sites for hydroxylation is 3. The van der Waals surface area contributed by atoms with Gasteiger partial charge in [0.2, 0.25) is 0 Å². The van der Waals surface area contributed by atoms with Gasteiger partial charge in [0.1, 0.15) is 5.69 Å². The molecule has 4 heteroatoms. The molecule has 4 nitrogen and oxygen atoms in total. The molecule has 2 heterocycles. The molecule has 23 heavy (non-hydrogen) atoms. The number of aromatic nitrogens is 2. The van der Waals surface area contributed by atoms with E-state index in [0.717, 1.165) is 50.2 Å². The van der Waals surface area contributed by atoms with E-state index in [9.17, 15) is 4.79 Å². The highest BCUT2D eigenvalue weighted by Gasteiger charge is 2.28. The zero-order valence-electron chi connectivity index (χ0n) is 13.7. The summed E-state index contributed by atoms with van der Waals surface area (Å²) in [6.45, 7) is 1.54. The topological polar surface area (TPSA) is 38.1 Å². The second-order valence-corrected chi connectivity index (χ2v) is 6.70. The molecule has 2 aliphatic rings. The number of amides is 1. The SMILES string of the molecule is Cn1nc2c(c1C(=O)N1CCCc3ccccc3C1)CCCC2. The third kappa shape index (κ3) is 2.56. The van der Waals surface area contributed by atoms with Gasteiger partial charge in [-0.15, -0.1) is 0 Å². The fourth-order valence-corrected chi connectivity index (χ4v) is 3.97. The van der Waals surface area contributed by atoms with Crippen molar-refractivity contribution in [2.24, 2.45) is 7.05 Å². The lowest BCUT2D eigenvalue weighted by Crippen LogP contribution is -2.33. The predicted octanol–water partition coefficient (Wildman–Crippen LogP) is 2.89. The lowest BCUT2D eigenvalue weighted by atomic mass is 9.95. The molecule has 0 atom stereocenters. The number of rotatable bonds is 1. The van der Waals surface area contributed by atoms with Crippen LogP contribution in [-0.2, 0) is 32.9 Å². The van der Waals surface area contributed by atoms with E-state index in [1.165, 1.54) is 29.5 Å². The van der Waals surface area contributed by atoms with Crippen molar-refractivity contribution in [2.75, 3.05) is 6.54 Å². The van der Waals surface area contributed by atoms with E-state index in [1.54, 1.807) is 0 Å². The Labute approximate surface area is 137 Å². The molecule has 0 N–H and O–H groups in total. The van der Waals surface area contributed by atoms with E-state index < -0.39 is 0 Å². The number of benzene rings is 1. The number of fused-ring (bicyclic) bond motifs is 2. The van der Waals surface area contributed by atoms with Crippen LogP contribution in [0.4, 0.5) is 0 Å². The maximum Gasteiger partial charge on any atom is 0.272 e. The van der Waals surface area contributed by atoms with Crippen molar-refractivity contribution >= 4 is 5.91 Å². The first-order valence-electron chi connectivity index (χ1n) is 8.65. The molecule has 4 rings (SSSR count). The highest BCUT2D eigenvalue weighted by molar-refractivity contribution is 5.94. The normalized spacial score (nSPS) is 17.3. The number of carbonyl (C=O) groups is 1. The molecule has 0 saturated heterocycles. The van der Waals surface area contributed by atoms with Gasteiger partial charge in [-0.05, 0) is 49.7 Å². The van der Waals surface area contributed by atoms with Gasteiger partial charge in [0.05, 0.1) is 5.69 Å². The van der Waals surface area contributed by atoms with Gasteiger partial charge in [-0.2, -0.15) is 5.10 Å². The zero-order valence-corrected chi connectivity index (χ0v) is 13.7. The van der Waals surface area contributed by atoms with Crippen molar-refractivity contribution in [1.82, 2.24) is 14.7 Å². The first-order chi connectivity index (χ1) is 11.2. The van der Waals surface area contributed by atoms with Crippen LogP contribution in [0.2, 0.25) is 0 Å². The van der Waals surface area contributed by atoms with Crippen molar-refractivity contribution in [3.8, 4) is 0 Å². The van der Waals surface area contributed by atoms with Crippen LogP contribution in [0.25, 0.3) is 0 Å². The van der Waals surface area contributed by atoms with Crippen molar-refractivity contribution in [1.29, 1.82) is 0 Å². The minimum atomic E-state index is 0.153. The summed E-state index contributed by atoms with van der Waals surface area (Å²) in [5.41, 5.74) is 5.82. The highest BCUT2D eigenvalue weighted by atomic mass is 16.2. The van der Waals surface area contributed by atoms with Gasteiger partial charge in [-0.1, -0.05) is 24.3 Å². The first-order valence-corrected chi connectivity index (χ1v) is 8.65. The van der Waals surface area contributed by atoms with Crippen LogP contribution in [0.15, 0.2) is 24.3 Å². The molecule has 1 aromatic carbocycles. The van der Waals surface area contributed by atoms with Crippen molar-refractivity contribution in [2.45, 2.75) is 45.1 Å². The third-order valence-electron chi connectivity index (χ3n) is 5.16. The van der Waals surface area contributed by atoms with Crippen LogP contribution < -0.4 is 0 Å². The number of nitrogens with zero attached hydrogens (tertiary/aromatic N) is 3. The lowest BCUT2D eigenvalue weighted by molar-refractivity contribution is 0.0733. The summed E-state index contributed by atoms with van der Waals surface area (Å²) >= 11 is 0. The third-order valence-corrected chi connectivity index (χ3v) is 5.16. The minimum absolute atomic E-state index is 0.153. The molecule has 0 spiro atoms. The van der Waals surface area contributed by atoms with Crippen LogP contribution in [0, 0.1) is 0 Å². The van der Waals surface area contributed by atoms with E-state index in [2.05, 4.69) is 29.4 Å². The van der Waals surface area contributed by atoms with Gasteiger partial charge in [0.15, 0.2) is 0 Å².